The van der Waals surface area contributed by atoms with Crippen LogP contribution in [-0.2, 0) is 7.05 Å². The number of aliphatic imine (C=N–C) groups is 1. The second-order valence-corrected chi connectivity index (χ2v) is 8.76. The SMILES string of the molecule is CC1CN=C([P@@](c2nccn2C)C(C)(C)C)N1C. The van der Waals surface area contributed by atoms with Gasteiger partial charge in [0.1, 0.15) is 11.1 Å². The Morgan fingerprint density at radius 3 is 2.39 bits per heavy atom. The smallest absolute Gasteiger partial charge is 0.139 e. The predicted octanol–water partition coefficient (Wildman–Crippen LogP) is 2.02. The van der Waals surface area contributed by atoms with Gasteiger partial charge in [0.05, 0.1) is 6.54 Å². The number of nitrogens with zero attached hydrogens (tertiary/aromatic N) is 4. The molecule has 0 saturated carbocycles. The lowest BCUT2D eigenvalue weighted by Crippen LogP contribution is -2.37. The van der Waals surface area contributed by atoms with E-state index in [0.717, 1.165) is 12.1 Å². The van der Waals surface area contributed by atoms with E-state index in [1.807, 2.05) is 12.4 Å². The summed E-state index contributed by atoms with van der Waals surface area (Å²) in [4.78, 5) is 11.7. The van der Waals surface area contributed by atoms with Crippen molar-refractivity contribution in [2.24, 2.45) is 12.0 Å². The number of imidazole rings is 1. The van der Waals surface area contributed by atoms with Crippen LogP contribution in [0.4, 0.5) is 0 Å². The van der Waals surface area contributed by atoms with E-state index in [2.05, 4.69) is 56.2 Å². The minimum absolute atomic E-state index is 0.172. The van der Waals surface area contributed by atoms with E-state index in [1.165, 1.54) is 5.58 Å². The van der Waals surface area contributed by atoms with E-state index in [1.54, 1.807) is 0 Å². The van der Waals surface area contributed by atoms with E-state index in [-0.39, 0.29) is 5.16 Å². The summed E-state index contributed by atoms with van der Waals surface area (Å²) in [6.45, 7) is 9.99. The fraction of sp³-hybridized carbons (Fsp3) is 0.692. The monoisotopic (exact) mass is 266 g/mol. The van der Waals surface area contributed by atoms with Gasteiger partial charge in [-0.25, -0.2) is 4.98 Å². The maximum Gasteiger partial charge on any atom is 0.139 e. The summed E-state index contributed by atoms with van der Waals surface area (Å²) in [5.74, 6) is 0. The Morgan fingerprint density at radius 2 is 2.00 bits per heavy atom. The van der Waals surface area contributed by atoms with E-state index in [4.69, 9.17) is 4.99 Å². The number of aryl methyl sites for hydroxylation is 1. The zero-order valence-corrected chi connectivity index (χ0v) is 13.1. The predicted molar refractivity (Wildman–Crippen MR) is 79.0 cm³/mol. The molecule has 18 heavy (non-hydrogen) atoms. The molecule has 0 radical (unpaired) electrons. The minimum Gasteiger partial charge on any atom is -0.355 e. The van der Waals surface area contributed by atoms with Crippen molar-refractivity contribution >= 4 is 19.1 Å². The van der Waals surface area contributed by atoms with E-state index < -0.39 is 7.92 Å². The summed E-state index contributed by atoms with van der Waals surface area (Å²) >= 11 is 0. The van der Waals surface area contributed by atoms with Gasteiger partial charge >= 0.3 is 0 Å². The number of hydrogen-bond donors (Lipinski definition) is 0. The van der Waals surface area contributed by atoms with Gasteiger partial charge < -0.3 is 9.47 Å². The van der Waals surface area contributed by atoms with Gasteiger partial charge in [0.25, 0.3) is 0 Å². The first-order chi connectivity index (χ1) is 8.32. The lowest BCUT2D eigenvalue weighted by atomic mass is 10.3. The van der Waals surface area contributed by atoms with Crippen molar-refractivity contribution in [2.45, 2.75) is 38.9 Å². The molecule has 0 amide bonds. The third kappa shape index (κ3) is 2.31. The molecule has 2 atom stereocenters. The van der Waals surface area contributed by atoms with Crippen LogP contribution >= 0.6 is 7.92 Å². The molecule has 0 fully saturated rings. The fourth-order valence-electron chi connectivity index (χ4n) is 2.14. The highest BCUT2D eigenvalue weighted by molar-refractivity contribution is 7.82. The summed E-state index contributed by atoms with van der Waals surface area (Å²) in [5.41, 5.74) is 2.40. The molecule has 1 aliphatic heterocycles. The Kier molecular flexibility index (Phi) is 3.50. The minimum atomic E-state index is -0.520. The van der Waals surface area contributed by atoms with Crippen LogP contribution in [0.25, 0.3) is 0 Å². The van der Waals surface area contributed by atoms with E-state index >= 15 is 0 Å². The van der Waals surface area contributed by atoms with E-state index in [9.17, 15) is 0 Å². The lowest BCUT2D eigenvalue weighted by molar-refractivity contribution is 0.437. The quantitative estimate of drug-likeness (QED) is 0.767. The second-order valence-electron chi connectivity index (χ2n) is 5.94. The third-order valence-electron chi connectivity index (χ3n) is 3.34. The van der Waals surface area contributed by atoms with Crippen LogP contribution in [0.2, 0.25) is 0 Å². The topological polar surface area (TPSA) is 33.4 Å². The molecule has 4 nitrogen and oxygen atoms in total. The third-order valence-corrected chi connectivity index (χ3v) is 6.37. The summed E-state index contributed by atoms with van der Waals surface area (Å²) in [5, 5.41) is 0.172. The zero-order chi connectivity index (χ0) is 13.5. The van der Waals surface area contributed by atoms with Gasteiger partial charge in [-0.05, 0) is 12.1 Å². The number of rotatable bonds is 2. The van der Waals surface area contributed by atoms with Gasteiger partial charge in [0.15, 0.2) is 0 Å². The Labute approximate surface area is 111 Å². The number of likely N-dealkylation sites (N-methyl/N-ethyl adjacent to an activating group) is 1. The number of hydrogen-bond acceptors (Lipinski definition) is 3. The molecule has 0 spiro atoms. The maximum absolute atomic E-state index is 4.78. The Bertz CT molecular complexity index is 458. The van der Waals surface area contributed by atoms with Crippen LogP contribution in [0, 0.1) is 0 Å². The van der Waals surface area contributed by atoms with Crippen molar-refractivity contribution in [1.29, 1.82) is 0 Å². The number of aromatic nitrogens is 2. The average molecular weight is 266 g/mol. The first kappa shape index (κ1) is 13.5. The molecule has 100 valence electrons. The van der Waals surface area contributed by atoms with Gasteiger partial charge in [-0.15, -0.1) is 0 Å². The maximum atomic E-state index is 4.78. The lowest BCUT2D eigenvalue weighted by Gasteiger charge is -2.34. The summed E-state index contributed by atoms with van der Waals surface area (Å²) in [6.07, 6.45) is 3.91. The molecule has 1 aromatic rings. The Balaban J connectivity index is 2.43. The molecule has 1 aromatic heterocycles. The normalized spacial score (nSPS) is 22.2. The van der Waals surface area contributed by atoms with Gasteiger partial charge in [-0.2, -0.15) is 0 Å². The molecule has 1 aliphatic rings. The first-order valence-corrected chi connectivity index (χ1v) is 7.71. The summed E-state index contributed by atoms with van der Waals surface area (Å²) < 4.78 is 2.14. The highest BCUT2D eigenvalue weighted by Gasteiger charge is 2.38. The summed E-state index contributed by atoms with van der Waals surface area (Å²) in [7, 11) is 3.71. The molecular weight excluding hydrogens is 243 g/mol. The molecule has 0 aliphatic carbocycles. The van der Waals surface area contributed by atoms with Gasteiger partial charge in [-0.1, -0.05) is 20.8 Å². The van der Waals surface area contributed by atoms with Crippen molar-refractivity contribution in [3.63, 3.8) is 0 Å². The van der Waals surface area contributed by atoms with E-state index in [0.29, 0.717) is 6.04 Å². The van der Waals surface area contributed by atoms with Crippen LogP contribution < -0.4 is 5.57 Å². The molecule has 1 unspecified atom stereocenters. The highest BCUT2D eigenvalue weighted by Crippen LogP contribution is 2.51. The van der Waals surface area contributed by atoms with Crippen LogP contribution in [0.5, 0.6) is 0 Å². The van der Waals surface area contributed by atoms with Crippen LogP contribution in [0.3, 0.4) is 0 Å². The van der Waals surface area contributed by atoms with Crippen molar-refractivity contribution in [1.82, 2.24) is 14.5 Å². The Morgan fingerprint density at radius 1 is 1.33 bits per heavy atom. The summed E-state index contributed by atoms with van der Waals surface area (Å²) in [6, 6.07) is 0.507. The largest absolute Gasteiger partial charge is 0.355 e. The molecule has 0 N–H and O–H groups in total. The fourth-order valence-corrected chi connectivity index (χ4v) is 4.81. The van der Waals surface area contributed by atoms with Gasteiger partial charge in [0, 0.05) is 40.5 Å². The van der Waals surface area contributed by atoms with Crippen LogP contribution in [-0.4, -0.2) is 44.8 Å². The first-order valence-electron chi connectivity index (χ1n) is 6.37. The number of amidine groups is 1. The molecule has 0 bridgehead atoms. The molecule has 5 heteroatoms. The second kappa shape index (κ2) is 4.65. The van der Waals surface area contributed by atoms with Crippen molar-refractivity contribution in [3.8, 4) is 0 Å². The van der Waals surface area contributed by atoms with Gasteiger partial charge in [0.2, 0.25) is 0 Å². The highest BCUT2D eigenvalue weighted by atomic mass is 31.1. The molecule has 0 aromatic carbocycles. The molecule has 2 heterocycles. The van der Waals surface area contributed by atoms with Crippen molar-refractivity contribution < 1.29 is 0 Å². The van der Waals surface area contributed by atoms with Crippen molar-refractivity contribution in [3.05, 3.63) is 12.4 Å². The van der Waals surface area contributed by atoms with Gasteiger partial charge in [-0.3, -0.25) is 4.99 Å². The molecule has 0 saturated heterocycles. The zero-order valence-electron chi connectivity index (χ0n) is 12.2. The van der Waals surface area contributed by atoms with Crippen molar-refractivity contribution in [2.75, 3.05) is 13.6 Å². The standard InChI is InChI=1S/C13H23N4P/c1-10-9-15-12(17(10)6)18(13(2,3)4)11-14-7-8-16(11)5/h7-8,10H,9H2,1-6H3/t10?,18-/m1/s1. The molecule has 2 rings (SSSR count). The average Bonchev–Trinajstić information content (AvgIpc) is 2.79. The Hall–Kier alpha value is -0.890. The molecular formula is C13H23N4P. The van der Waals surface area contributed by atoms with Crippen LogP contribution in [0.1, 0.15) is 27.7 Å². The van der Waals surface area contributed by atoms with Crippen LogP contribution in [0.15, 0.2) is 17.4 Å².